The number of rotatable bonds is 9. The van der Waals surface area contributed by atoms with E-state index in [1.165, 1.54) is 29.3 Å². The lowest BCUT2D eigenvalue weighted by atomic mass is 9.86. The van der Waals surface area contributed by atoms with Crippen molar-refractivity contribution in [2.45, 2.75) is 48.6 Å². The van der Waals surface area contributed by atoms with Gasteiger partial charge in [-0.2, -0.15) is 0 Å². The summed E-state index contributed by atoms with van der Waals surface area (Å²) in [5.74, 6) is 0.470. The minimum absolute atomic E-state index is 0.0840. The van der Waals surface area contributed by atoms with Crippen molar-refractivity contribution in [1.29, 1.82) is 0 Å². The molecule has 3 aromatic carbocycles. The number of sulfone groups is 1. The van der Waals surface area contributed by atoms with Gasteiger partial charge in [0.05, 0.1) is 16.4 Å². The number of piperidine rings is 1. The van der Waals surface area contributed by atoms with Gasteiger partial charge < -0.3 is 0 Å². The van der Waals surface area contributed by atoms with Crippen molar-refractivity contribution in [2.75, 3.05) is 13.1 Å². The zero-order valence-corrected chi connectivity index (χ0v) is 22.2. The van der Waals surface area contributed by atoms with Gasteiger partial charge in [-0.15, -0.1) is 0 Å². The predicted octanol–water partition coefficient (Wildman–Crippen LogP) is 5.69. The van der Waals surface area contributed by atoms with Gasteiger partial charge in [-0.1, -0.05) is 53.5 Å². The third kappa shape index (κ3) is 6.47. The number of carbonyl (C=O) groups excluding carboxylic acids is 1. The Kier molecular flexibility index (Phi) is 8.70. The first kappa shape index (κ1) is 26.6. The molecule has 36 heavy (non-hydrogen) atoms. The van der Waals surface area contributed by atoms with Crippen LogP contribution in [0.2, 0.25) is 10.0 Å². The smallest absolute Gasteiger partial charge is 0.230 e. The number of nitrogens with zero attached hydrogens (tertiary/aromatic N) is 1. The molecule has 1 amide bonds. The summed E-state index contributed by atoms with van der Waals surface area (Å²) in [6.45, 7) is 5.14. The zero-order chi connectivity index (χ0) is 25.7. The molecule has 0 unspecified atom stereocenters. The van der Waals surface area contributed by atoms with Crippen LogP contribution in [0.5, 0.6) is 0 Å². The molecule has 1 fully saturated rings. The molecule has 1 aliphatic heterocycles. The predicted molar refractivity (Wildman–Crippen MR) is 141 cm³/mol. The molecule has 0 radical (unpaired) electrons. The van der Waals surface area contributed by atoms with Crippen LogP contribution >= 0.6 is 23.2 Å². The van der Waals surface area contributed by atoms with Crippen LogP contribution in [0.3, 0.4) is 0 Å². The van der Waals surface area contributed by atoms with E-state index in [0.29, 0.717) is 18.9 Å². The second-order valence-electron chi connectivity index (χ2n) is 9.02. The van der Waals surface area contributed by atoms with Gasteiger partial charge in [0.15, 0.2) is 0 Å². The minimum atomic E-state index is -3.70. The lowest BCUT2D eigenvalue weighted by Gasteiger charge is -2.33. The van der Waals surface area contributed by atoms with E-state index in [2.05, 4.69) is 29.4 Å². The molecule has 1 aliphatic rings. The second-order valence-corrected chi connectivity index (χ2v) is 11.8. The molecule has 1 N–H and O–H groups in total. The van der Waals surface area contributed by atoms with Crippen molar-refractivity contribution >= 4 is 39.4 Å². The molecule has 0 aromatic heterocycles. The fourth-order valence-electron chi connectivity index (χ4n) is 4.63. The molecule has 4 rings (SSSR count). The largest absolute Gasteiger partial charge is 0.299 e. The molecule has 6 nitrogen and oxygen atoms in total. The lowest BCUT2D eigenvalue weighted by Crippen LogP contribution is -2.32. The summed E-state index contributed by atoms with van der Waals surface area (Å²) in [5.41, 5.74) is 6.92. The van der Waals surface area contributed by atoms with Crippen molar-refractivity contribution in [1.82, 2.24) is 10.4 Å². The van der Waals surface area contributed by atoms with E-state index in [1.54, 1.807) is 12.1 Å². The van der Waals surface area contributed by atoms with Gasteiger partial charge in [-0.25, -0.2) is 13.9 Å². The van der Waals surface area contributed by atoms with Crippen molar-refractivity contribution in [3.05, 3.63) is 93.0 Å². The van der Waals surface area contributed by atoms with Crippen molar-refractivity contribution in [3.8, 4) is 0 Å². The first-order valence-electron chi connectivity index (χ1n) is 11.7. The first-order valence-corrected chi connectivity index (χ1v) is 13.9. The van der Waals surface area contributed by atoms with Crippen LogP contribution in [-0.2, 0) is 32.6 Å². The maximum absolute atomic E-state index is 13.0. The first-order chi connectivity index (χ1) is 17.3. The molecule has 0 aliphatic carbocycles. The fourth-order valence-corrected chi connectivity index (χ4v) is 6.62. The SMILES string of the molecule is Cc1ccc(CONC=O)cc1C1CCN(Cc2ccc(S(=O)(=O)c3cc(Cl)cc(Cl)c3)cc2)CC1. The Morgan fingerprint density at radius 2 is 1.58 bits per heavy atom. The van der Waals surface area contributed by atoms with E-state index < -0.39 is 9.84 Å². The number of hydroxylamine groups is 1. The highest BCUT2D eigenvalue weighted by Gasteiger charge is 2.23. The summed E-state index contributed by atoms with van der Waals surface area (Å²) < 4.78 is 26.0. The summed E-state index contributed by atoms with van der Waals surface area (Å²) in [6, 6.07) is 17.6. The van der Waals surface area contributed by atoms with Crippen molar-refractivity contribution in [2.24, 2.45) is 0 Å². The minimum Gasteiger partial charge on any atom is -0.299 e. The molecule has 9 heteroatoms. The van der Waals surface area contributed by atoms with Crippen LogP contribution in [0.25, 0.3) is 0 Å². The molecule has 0 bridgehead atoms. The molecule has 0 atom stereocenters. The topological polar surface area (TPSA) is 75.7 Å². The van der Waals surface area contributed by atoms with E-state index in [4.69, 9.17) is 28.0 Å². The fraction of sp³-hybridized carbons (Fsp3) is 0.296. The van der Waals surface area contributed by atoms with Crippen LogP contribution in [0.15, 0.2) is 70.5 Å². The normalized spacial score (nSPS) is 15.1. The number of carbonyl (C=O) groups is 1. The van der Waals surface area contributed by atoms with Crippen molar-refractivity contribution in [3.63, 3.8) is 0 Å². The van der Waals surface area contributed by atoms with Gasteiger partial charge in [0.1, 0.15) is 0 Å². The molecule has 0 saturated carbocycles. The maximum atomic E-state index is 13.0. The standard InChI is InChI=1S/C27H28Cl2N2O4S/c1-19-2-3-21(17-35-30-18-32)12-27(19)22-8-10-31(11-9-22)16-20-4-6-25(7-5-20)36(33,34)26-14-23(28)13-24(29)15-26/h2-7,12-15,18,22H,8-11,16-17H2,1H3,(H,30,32). The number of hydrogen-bond acceptors (Lipinski definition) is 5. The Morgan fingerprint density at radius 3 is 2.22 bits per heavy atom. The van der Waals surface area contributed by atoms with Crippen molar-refractivity contribution < 1.29 is 18.0 Å². The molecule has 1 saturated heterocycles. The van der Waals surface area contributed by atoms with Crippen LogP contribution < -0.4 is 5.48 Å². The number of amides is 1. The molecule has 3 aromatic rings. The summed E-state index contributed by atoms with van der Waals surface area (Å²) in [7, 11) is -3.70. The summed E-state index contributed by atoms with van der Waals surface area (Å²) in [4.78, 5) is 18.2. The summed E-state index contributed by atoms with van der Waals surface area (Å²) in [6.07, 6.45) is 2.60. The Balaban J connectivity index is 1.37. The third-order valence-corrected chi connectivity index (χ3v) is 8.71. The van der Waals surface area contributed by atoms with Gasteiger partial charge in [0.25, 0.3) is 0 Å². The maximum Gasteiger partial charge on any atom is 0.230 e. The Labute approximate surface area is 222 Å². The zero-order valence-electron chi connectivity index (χ0n) is 19.9. The van der Waals surface area contributed by atoms with Crippen LogP contribution in [0.1, 0.15) is 41.0 Å². The van der Waals surface area contributed by atoms with E-state index in [1.807, 2.05) is 18.2 Å². The molecular formula is C27H28Cl2N2O4S. The molecule has 0 spiro atoms. The van der Waals surface area contributed by atoms with E-state index >= 15 is 0 Å². The van der Waals surface area contributed by atoms with E-state index in [9.17, 15) is 13.2 Å². The summed E-state index contributed by atoms with van der Waals surface area (Å²) in [5, 5.41) is 0.567. The third-order valence-electron chi connectivity index (χ3n) is 6.53. The lowest BCUT2D eigenvalue weighted by molar-refractivity contribution is -0.121. The number of hydrogen-bond donors (Lipinski definition) is 1. The van der Waals surface area contributed by atoms with Crippen LogP contribution in [0.4, 0.5) is 0 Å². The van der Waals surface area contributed by atoms with Crippen LogP contribution in [-0.4, -0.2) is 32.8 Å². The molecule has 1 heterocycles. The van der Waals surface area contributed by atoms with Gasteiger partial charge >= 0.3 is 0 Å². The van der Waals surface area contributed by atoms with Gasteiger partial charge in [0.2, 0.25) is 16.2 Å². The Bertz CT molecular complexity index is 1300. The van der Waals surface area contributed by atoms with Gasteiger partial charge in [-0.3, -0.25) is 14.5 Å². The van der Waals surface area contributed by atoms with Gasteiger partial charge in [-0.05, 0) is 91.4 Å². The Morgan fingerprint density at radius 1 is 0.944 bits per heavy atom. The number of nitrogens with one attached hydrogen (secondary N) is 1. The average molecular weight is 548 g/mol. The second kappa shape index (κ2) is 11.8. The highest BCUT2D eigenvalue weighted by Crippen LogP contribution is 2.32. The average Bonchev–Trinajstić information content (AvgIpc) is 2.85. The number of likely N-dealkylation sites (tertiary alicyclic amines) is 1. The van der Waals surface area contributed by atoms with Gasteiger partial charge in [0, 0.05) is 16.6 Å². The monoisotopic (exact) mass is 546 g/mol. The highest BCUT2D eigenvalue weighted by molar-refractivity contribution is 7.91. The highest BCUT2D eigenvalue weighted by atomic mass is 35.5. The van der Waals surface area contributed by atoms with E-state index in [0.717, 1.165) is 43.6 Å². The summed E-state index contributed by atoms with van der Waals surface area (Å²) >= 11 is 12.0. The van der Waals surface area contributed by atoms with Crippen LogP contribution in [0, 0.1) is 6.92 Å². The van der Waals surface area contributed by atoms with E-state index in [-0.39, 0.29) is 19.8 Å². The number of halogens is 2. The number of benzene rings is 3. The molecular weight excluding hydrogens is 519 g/mol. The quantitative estimate of drug-likeness (QED) is 0.212. The number of aryl methyl sites for hydroxylation is 1. The molecule has 190 valence electrons. The Hall–Kier alpha value is -2.42.